The molecule has 1 heterocycles. The highest BCUT2D eigenvalue weighted by Crippen LogP contribution is 2.20. The number of aromatic nitrogens is 2. The van der Waals surface area contributed by atoms with Crippen molar-refractivity contribution in [2.24, 2.45) is 0 Å². The maximum atomic E-state index is 6.02. The lowest BCUT2D eigenvalue weighted by atomic mass is 10.3. The minimum absolute atomic E-state index is 0.487. The standard InChI is InChI=1S/C20H21ClN4O2/c1-14-12-19(24-16-5-3-4-15(21)13-16)25-20(23-14)22-10-11-27-18-8-6-17(26-2)7-9-18/h3-9,12-13H,10-11H2,1-2H3,(H2,22,23,24,25). The maximum absolute atomic E-state index is 6.02. The van der Waals surface area contributed by atoms with Gasteiger partial charge in [0.15, 0.2) is 0 Å². The van der Waals surface area contributed by atoms with Crippen molar-refractivity contribution in [2.75, 3.05) is 30.9 Å². The van der Waals surface area contributed by atoms with Gasteiger partial charge < -0.3 is 20.1 Å². The summed E-state index contributed by atoms with van der Waals surface area (Å²) in [6, 6.07) is 16.8. The molecule has 140 valence electrons. The molecular formula is C20H21ClN4O2. The van der Waals surface area contributed by atoms with E-state index in [4.69, 9.17) is 21.1 Å². The third kappa shape index (κ3) is 5.76. The number of hydrogen-bond donors (Lipinski definition) is 2. The highest BCUT2D eigenvalue weighted by molar-refractivity contribution is 6.30. The van der Waals surface area contributed by atoms with Crippen LogP contribution in [-0.4, -0.2) is 30.2 Å². The molecule has 0 spiro atoms. The lowest BCUT2D eigenvalue weighted by Crippen LogP contribution is -2.14. The highest BCUT2D eigenvalue weighted by atomic mass is 35.5. The maximum Gasteiger partial charge on any atom is 0.224 e. The van der Waals surface area contributed by atoms with Gasteiger partial charge in [-0.05, 0) is 49.4 Å². The van der Waals surface area contributed by atoms with Gasteiger partial charge in [0.1, 0.15) is 23.9 Å². The van der Waals surface area contributed by atoms with Crippen LogP contribution in [0, 0.1) is 6.92 Å². The summed E-state index contributed by atoms with van der Waals surface area (Å²) >= 11 is 6.02. The Balaban J connectivity index is 1.54. The van der Waals surface area contributed by atoms with E-state index >= 15 is 0 Å². The van der Waals surface area contributed by atoms with Crippen LogP contribution in [0.1, 0.15) is 5.69 Å². The monoisotopic (exact) mass is 384 g/mol. The molecule has 0 saturated carbocycles. The zero-order valence-electron chi connectivity index (χ0n) is 15.2. The van der Waals surface area contributed by atoms with Gasteiger partial charge in [0, 0.05) is 22.5 Å². The first-order valence-corrected chi connectivity index (χ1v) is 8.89. The Kier molecular flexibility index (Phi) is 6.33. The first-order chi connectivity index (χ1) is 13.1. The number of halogens is 1. The van der Waals surface area contributed by atoms with Crippen LogP contribution in [-0.2, 0) is 0 Å². The van der Waals surface area contributed by atoms with Crippen LogP contribution in [0.4, 0.5) is 17.5 Å². The summed E-state index contributed by atoms with van der Waals surface area (Å²) < 4.78 is 10.8. The van der Waals surface area contributed by atoms with Crippen molar-refractivity contribution < 1.29 is 9.47 Å². The van der Waals surface area contributed by atoms with Crippen LogP contribution in [0.5, 0.6) is 11.5 Å². The molecule has 27 heavy (non-hydrogen) atoms. The third-order valence-corrected chi connectivity index (χ3v) is 3.90. The van der Waals surface area contributed by atoms with Crippen molar-refractivity contribution in [1.82, 2.24) is 9.97 Å². The molecule has 6 nitrogen and oxygen atoms in total. The molecule has 3 aromatic rings. The third-order valence-electron chi connectivity index (χ3n) is 3.66. The molecule has 0 atom stereocenters. The molecular weight excluding hydrogens is 364 g/mol. The van der Waals surface area contributed by atoms with Crippen molar-refractivity contribution in [1.29, 1.82) is 0 Å². The van der Waals surface area contributed by atoms with Crippen LogP contribution in [0.3, 0.4) is 0 Å². The van der Waals surface area contributed by atoms with E-state index in [0.29, 0.717) is 29.9 Å². The van der Waals surface area contributed by atoms with Gasteiger partial charge in [0.2, 0.25) is 5.95 Å². The second kappa shape index (κ2) is 9.09. The molecule has 0 bridgehead atoms. The highest BCUT2D eigenvalue weighted by Gasteiger charge is 2.03. The van der Waals surface area contributed by atoms with E-state index in [9.17, 15) is 0 Å². The zero-order chi connectivity index (χ0) is 19.1. The van der Waals surface area contributed by atoms with E-state index < -0.39 is 0 Å². The van der Waals surface area contributed by atoms with E-state index in [1.54, 1.807) is 7.11 Å². The molecule has 0 unspecified atom stereocenters. The van der Waals surface area contributed by atoms with Gasteiger partial charge in [0.25, 0.3) is 0 Å². The first-order valence-electron chi connectivity index (χ1n) is 8.51. The molecule has 0 aliphatic rings. The van der Waals surface area contributed by atoms with Gasteiger partial charge in [-0.2, -0.15) is 4.98 Å². The smallest absolute Gasteiger partial charge is 0.224 e. The van der Waals surface area contributed by atoms with Gasteiger partial charge >= 0.3 is 0 Å². The number of anilines is 3. The van der Waals surface area contributed by atoms with Crippen LogP contribution < -0.4 is 20.1 Å². The fourth-order valence-electron chi connectivity index (χ4n) is 2.43. The number of rotatable bonds is 8. The van der Waals surface area contributed by atoms with Crippen LogP contribution in [0.15, 0.2) is 54.6 Å². The van der Waals surface area contributed by atoms with Gasteiger partial charge in [-0.15, -0.1) is 0 Å². The number of nitrogens with one attached hydrogen (secondary N) is 2. The molecule has 2 aromatic carbocycles. The summed E-state index contributed by atoms with van der Waals surface area (Å²) in [5.41, 5.74) is 1.72. The molecule has 3 rings (SSSR count). The van der Waals surface area contributed by atoms with E-state index in [1.165, 1.54) is 0 Å². The minimum Gasteiger partial charge on any atom is -0.497 e. The van der Waals surface area contributed by atoms with Gasteiger partial charge in [-0.3, -0.25) is 0 Å². The van der Waals surface area contributed by atoms with Crippen molar-refractivity contribution in [3.8, 4) is 11.5 Å². The molecule has 0 amide bonds. The summed E-state index contributed by atoms with van der Waals surface area (Å²) in [5, 5.41) is 7.08. The van der Waals surface area contributed by atoms with Gasteiger partial charge in [0.05, 0.1) is 13.7 Å². The van der Waals surface area contributed by atoms with Gasteiger partial charge in [-0.25, -0.2) is 4.98 Å². The van der Waals surface area contributed by atoms with Crippen molar-refractivity contribution >= 4 is 29.1 Å². The molecule has 0 fully saturated rings. The molecule has 0 radical (unpaired) electrons. The topological polar surface area (TPSA) is 68.3 Å². The Hall–Kier alpha value is -2.99. The van der Waals surface area contributed by atoms with E-state index in [2.05, 4.69) is 20.6 Å². The molecule has 7 heteroatoms. The molecule has 2 N–H and O–H groups in total. The normalized spacial score (nSPS) is 10.3. The fourth-order valence-corrected chi connectivity index (χ4v) is 2.62. The van der Waals surface area contributed by atoms with Gasteiger partial charge in [-0.1, -0.05) is 17.7 Å². The van der Waals surface area contributed by atoms with Crippen molar-refractivity contribution in [3.05, 3.63) is 65.3 Å². The molecule has 0 saturated heterocycles. The predicted octanol–water partition coefficient (Wildman–Crippen LogP) is 4.68. The SMILES string of the molecule is COc1ccc(OCCNc2nc(C)cc(Nc3cccc(Cl)c3)n2)cc1. The summed E-state index contributed by atoms with van der Waals surface area (Å²) in [7, 11) is 1.64. The number of methoxy groups -OCH3 is 1. The predicted molar refractivity (Wildman–Crippen MR) is 108 cm³/mol. The van der Waals surface area contributed by atoms with Crippen molar-refractivity contribution in [2.45, 2.75) is 6.92 Å². The Labute approximate surface area is 163 Å². The quantitative estimate of drug-likeness (QED) is 0.549. The summed E-state index contributed by atoms with van der Waals surface area (Å²) in [6.45, 7) is 2.98. The average Bonchev–Trinajstić information content (AvgIpc) is 2.65. The number of nitrogens with zero attached hydrogens (tertiary/aromatic N) is 2. The Morgan fingerprint density at radius 1 is 1.00 bits per heavy atom. The van der Waals surface area contributed by atoms with Crippen molar-refractivity contribution in [3.63, 3.8) is 0 Å². The van der Waals surface area contributed by atoms with Crippen LogP contribution in [0.2, 0.25) is 5.02 Å². The molecule has 0 aliphatic carbocycles. The number of hydrogen-bond acceptors (Lipinski definition) is 6. The fraction of sp³-hybridized carbons (Fsp3) is 0.200. The summed E-state index contributed by atoms with van der Waals surface area (Å²) in [5.74, 6) is 2.82. The second-order valence-electron chi connectivity index (χ2n) is 5.80. The number of benzene rings is 2. The first kappa shape index (κ1) is 18.8. The lowest BCUT2D eigenvalue weighted by molar-refractivity contribution is 0.331. The van der Waals surface area contributed by atoms with E-state index in [-0.39, 0.29) is 0 Å². The van der Waals surface area contributed by atoms with Crippen LogP contribution >= 0.6 is 11.6 Å². The lowest BCUT2D eigenvalue weighted by Gasteiger charge is -2.11. The van der Waals surface area contributed by atoms with E-state index in [1.807, 2.05) is 61.5 Å². The minimum atomic E-state index is 0.487. The van der Waals surface area contributed by atoms with Crippen LogP contribution in [0.25, 0.3) is 0 Å². The number of ether oxygens (including phenoxy) is 2. The summed E-state index contributed by atoms with van der Waals surface area (Å²) in [6.07, 6.45) is 0. The molecule has 0 aliphatic heterocycles. The molecule has 1 aromatic heterocycles. The Morgan fingerprint density at radius 2 is 1.78 bits per heavy atom. The largest absolute Gasteiger partial charge is 0.497 e. The zero-order valence-corrected chi connectivity index (χ0v) is 16.0. The number of aryl methyl sites for hydroxylation is 1. The average molecular weight is 385 g/mol. The summed E-state index contributed by atoms with van der Waals surface area (Å²) in [4.78, 5) is 8.88. The second-order valence-corrected chi connectivity index (χ2v) is 6.24. The Morgan fingerprint density at radius 3 is 2.52 bits per heavy atom. The Bertz CT molecular complexity index is 887. The van der Waals surface area contributed by atoms with E-state index in [0.717, 1.165) is 22.9 Å².